The number of carbonyl (C=O) groups is 2. The van der Waals surface area contributed by atoms with E-state index in [1.165, 1.54) is 19.3 Å². The Kier molecular flexibility index (Phi) is 3.51. The number of amides is 2. The van der Waals surface area contributed by atoms with Gasteiger partial charge in [0.2, 0.25) is 0 Å². The van der Waals surface area contributed by atoms with Gasteiger partial charge in [-0.25, -0.2) is 0 Å². The van der Waals surface area contributed by atoms with Crippen LogP contribution in [-0.2, 0) is 9.59 Å². The topological polar surface area (TPSA) is 78.4 Å². The minimum atomic E-state index is -0.768. The van der Waals surface area contributed by atoms with Crippen molar-refractivity contribution in [3.63, 3.8) is 0 Å². The van der Waals surface area contributed by atoms with Gasteiger partial charge in [0.15, 0.2) is 0 Å². The van der Waals surface area contributed by atoms with Crippen molar-refractivity contribution in [1.82, 2.24) is 10.6 Å². The smallest absolute Gasteiger partial charge is 0.309 e. The van der Waals surface area contributed by atoms with Crippen LogP contribution >= 0.6 is 0 Å². The Morgan fingerprint density at radius 1 is 1.05 bits per heavy atom. The molecule has 0 aromatic rings. The van der Waals surface area contributed by atoms with E-state index in [1.807, 2.05) is 0 Å². The molecule has 0 unspecified atom stereocenters. The average molecular weight is 294 g/mol. The second-order valence-electron chi connectivity index (χ2n) is 8.15. The first-order valence-electron chi connectivity index (χ1n) is 8.06. The summed E-state index contributed by atoms with van der Waals surface area (Å²) < 4.78 is 0. The minimum Gasteiger partial charge on any atom is -0.394 e. The summed E-state index contributed by atoms with van der Waals surface area (Å²) >= 11 is 0. The number of carbonyl (C=O) groups excluding carboxylic acids is 2. The summed E-state index contributed by atoms with van der Waals surface area (Å²) in [5.74, 6) is 1.01. The van der Waals surface area contributed by atoms with Crippen LogP contribution in [0.4, 0.5) is 0 Å². The molecule has 21 heavy (non-hydrogen) atoms. The van der Waals surface area contributed by atoms with Crippen LogP contribution in [0.5, 0.6) is 0 Å². The van der Waals surface area contributed by atoms with Gasteiger partial charge >= 0.3 is 11.8 Å². The van der Waals surface area contributed by atoms with Crippen molar-refractivity contribution < 1.29 is 14.7 Å². The Labute approximate surface area is 125 Å². The molecule has 0 aliphatic heterocycles. The van der Waals surface area contributed by atoms with Crippen LogP contribution in [0.1, 0.15) is 52.4 Å². The van der Waals surface area contributed by atoms with E-state index < -0.39 is 17.4 Å². The first kappa shape index (κ1) is 14.8. The van der Waals surface area contributed by atoms with Gasteiger partial charge < -0.3 is 15.7 Å². The van der Waals surface area contributed by atoms with Crippen molar-refractivity contribution in [3.8, 4) is 0 Å². The van der Waals surface area contributed by atoms with Crippen molar-refractivity contribution in [2.45, 2.75) is 63.5 Å². The van der Waals surface area contributed by atoms with E-state index in [2.05, 4.69) is 10.6 Å². The molecule has 2 amide bonds. The van der Waals surface area contributed by atoms with E-state index in [4.69, 9.17) is 0 Å². The van der Waals surface area contributed by atoms with Gasteiger partial charge in [-0.1, -0.05) is 0 Å². The number of aliphatic hydroxyl groups excluding tert-OH is 1. The van der Waals surface area contributed by atoms with Crippen LogP contribution in [0.25, 0.3) is 0 Å². The van der Waals surface area contributed by atoms with Crippen LogP contribution in [0.3, 0.4) is 0 Å². The van der Waals surface area contributed by atoms with E-state index in [0.29, 0.717) is 0 Å². The van der Waals surface area contributed by atoms with Crippen LogP contribution in [0, 0.1) is 17.8 Å². The van der Waals surface area contributed by atoms with Crippen molar-refractivity contribution in [2.24, 2.45) is 17.8 Å². The molecule has 5 nitrogen and oxygen atoms in total. The number of nitrogens with one attached hydrogen (secondary N) is 2. The van der Waals surface area contributed by atoms with Crippen LogP contribution < -0.4 is 10.6 Å². The van der Waals surface area contributed by atoms with Gasteiger partial charge in [0, 0.05) is 5.54 Å². The SMILES string of the molecule is CC(C)(CO)NC(=O)C(=O)NC12CC3CC(CC(C3)C1)C2. The number of rotatable bonds is 3. The summed E-state index contributed by atoms with van der Waals surface area (Å²) in [5, 5.41) is 14.8. The second-order valence-corrected chi connectivity index (χ2v) is 8.15. The molecule has 0 atom stereocenters. The molecule has 0 heterocycles. The third kappa shape index (κ3) is 2.93. The molecule has 4 saturated carbocycles. The Morgan fingerprint density at radius 2 is 1.52 bits per heavy atom. The van der Waals surface area contributed by atoms with Gasteiger partial charge in [0.25, 0.3) is 0 Å². The van der Waals surface area contributed by atoms with Crippen molar-refractivity contribution in [2.75, 3.05) is 6.61 Å². The summed E-state index contributed by atoms with van der Waals surface area (Å²) in [5.41, 5.74) is -0.914. The third-order valence-electron chi connectivity index (χ3n) is 5.47. The molecule has 5 heteroatoms. The summed E-state index contributed by atoms with van der Waals surface area (Å²) in [4.78, 5) is 24.2. The fraction of sp³-hybridized carbons (Fsp3) is 0.875. The predicted molar refractivity (Wildman–Crippen MR) is 78.4 cm³/mol. The predicted octanol–water partition coefficient (Wildman–Crippen LogP) is 0.958. The molecule has 4 rings (SSSR count). The minimum absolute atomic E-state index is 0.146. The average Bonchev–Trinajstić information content (AvgIpc) is 2.35. The first-order valence-corrected chi connectivity index (χ1v) is 8.06. The van der Waals surface area contributed by atoms with Gasteiger partial charge in [-0.2, -0.15) is 0 Å². The van der Waals surface area contributed by atoms with Crippen molar-refractivity contribution >= 4 is 11.8 Å². The summed E-state index contributed by atoms with van der Waals surface area (Å²) in [6.07, 6.45) is 7.00. The lowest BCUT2D eigenvalue weighted by Crippen LogP contribution is -2.62. The number of aliphatic hydroxyl groups is 1. The summed E-state index contributed by atoms with van der Waals surface area (Å²) in [6.45, 7) is 3.20. The maximum atomic E-state index is 12.2. The molecule has 0 saturated heterocycles. The molecule has 118 valence electrons. The Balaban J connectivity index is 1.64. The van der Waals surface area contributed by atoms with Gasteiger partial charge in [-0.15, -0.1) is 0 Å². The molecule has 4 aliphatic rings. The highest BCUT2D eigenvalue weighted by Gasteiger charge is 2.52. The van der Waals surface area contributed by atoms with E-state index in [-0.39, 0.29) is 12.1 Å². The first-order chi connectivity index (χ1) is 9.81. The Hall–Kier alpha value is -1.10. The quantitative estimate of drug-likeness (QED) is 0.678. The Bertz CT molecular complexity index is 423. The molecule has 0 aromatic heterocycles. The van der Waals surface area contributed by atoms with E-state index in [9.17, 15) is 14.7 Å². The molecule has 0 spiro atoms. The fourth-order valence-electron chi connectivity index (χ4n) is 4.96. The van der Waals surface area contributed by atoms with Crippen LogP contribution in [0.15, 0.2) is 0 Å². The zero-order chi connectivity index (χ0) is 15.3. The zero-order valence-corrected chi connectivity index (χ0v) is 12.9. The van der Waals surface area contributed by atoms with E-state index in [0.717, 1.165) is 37.0 Å². The highest BCUT2D eigenvalue weighted by atomic mass is 16.3. The lowest BCUT2D eigenvalue weighted by Gasteiger charge is -2.56. The molecule has 0 aromatic carbocycles. The molecule has 4 bridgehead atoms. The van der Waals surface area contributed by atoms with Crippen LogP contribution in [-0.4, -0.2) is 34.6 Å². The molecule has 3 N–H and O–H groups in total. The zero-order valence-electron chi connectivity index (χ0n) is 12.9. The monoisotopic (exact) mass is 294 g/mol. The lowest BCUT2D eigenvalue weighted by molar-refractivity contribution is -0.143. The highest BCUT2D eigenvalue weighted by Crippen LogP contribution is 2.55. The lowest BCUT2D eigenvalue weighted by atomic mass is 9.53. The second kappa shape index (κ2) is 4.97. The van der Waals surface area contributed by atoms with E-state index in [1.54, 1.807) is 13.8 Å². The molecule has 4 fully saturated rings. The molecule has 4 aliphatic carbocycles. The standard InChI is InChI=1S/C16H26N2O3/c1-15(2,9-19)17-13(20)14(21)18-16-6-10-3-11(7-16)5-12(4-10)8-16/h10-12,19H,3-9H2,1-2H3,(H,17,20)(H,18,21). The van der Waals surface area contributed by atoms with Crippen molar-refractivity contribution in [1.29, 1.82) is 0 Å². The number of hydrogen-bond donors (Lipinski definition) is 3. The van der Waals surface area contributed by atoms with Gasteiger partial charge in [0.05, 0.1) is 12.1 Å². The van der Waals surface area contributed by atoms with Crippen LogP contribution in [0.2, 0.25) is 0 Å². The van der Waals surface area contributed by atoms with Gasteiger partial charge in [-0.05, 0) is 70.1 Å². The third-order valence-corrected chi connectivity index (χ3v) is 5.47. The normalized spacial score (nSPS) is 37.4. The number of hydrogen-bond acceptors (Lipinski definition) is 3. The molecular weight excluding hydrogens is 268 g/mol. The maximum absolute atomic E-state index is 12.2. The molecular formula is C16H26N2O3. The fourth-order valence-corrected chi connectivity index (χ4v) is 4.96. The summed E-state index contributed by atoms with van der Waals surface area (Å²) in [7, 11) is 0. The van der Waals surface area contributed by atoms with E-state index >= 15 is 0 Å². The Morgan fingerprint density at radius 3 is 1.95 bits per heavy atom. The largest absolute Gasteiger partial charge is 0.394 e. The maximum Gasteiger partial charge on any atom is 0.309 e. The van der Waals surface area contributed by atoms with Gasteiger partial charge in [0.1, 0.15) is 0 Å². The molecule has 0 radical (unpaired) electrons. The highest BCUT2D eigenvalue weighted by molar-refractivity contribution is 6.35. The summed E-state index contributed by atoms with van der Waals surface area (Å²) in [6, 6.07) is 0. The van der Waals surface area contributed by atoms with Crippen molar-refractivity contribution in [3.05, 3.63) is 0 Å². The van der Waals surface area contributed by atoms with Gasteiger partial charge in [-0.3, -0.25) is 9.59 Å².